The summed E-state index contributed by atoms with van der Waals surface area (Å²) < 4.78 is 45.0. The first-order chi connectivity index (χ1) is 9.45. The summed E-state index contributed by atoms with van der Waals surface area (Å²) in [6.45, 7) is 2.45. The van der Waals surface area contributed by atoms with Gasteiger partial charge in [0.1, 0.15) is 0 Å². The van der Waals surface area contributed by atoms with E-state index in [9.17, 15) is 13.2 Å². The van der Waals surface area contributed by atoms with Gasteiger partial charge in [-0.15, -0.1) is 10.2 Å². The number of nitrogens with zero attached hydrogens (tertiary/aromatic N) is 3. The van der Waals surface area contributed by atoms with Crippen LogP contribution >= 0.6 is 11.6 Å². The second kappa shape index (κ2) is 5.97. The topological polar surface area (TPSA) is 39.4 Å². The predicted octanol–water partition coefficient (Wildman–Crippen LogP) is 3.72. The third kappa shape index (κ3) is 3.04. The molecule has 0 bridgehead atoms. The Morgan fingerprint density at radius 3 is 2.70 bits per heavy atom. The number of ether oxygens (including phenoxy) is 1. The van der Waals surface area contributed by atoms with Gasteiger partial charge in [0, 0.05) is 6.61 Å². The lowest BCUT2D eigenvalue weighted by Gasteiger charge is -2.11. The number of pyridine rings is 1. The molecular weight excluding hydrogens is 295 g/mol. The lowest BCUT2D eigenvalue weighted by atomic mass is 10.3. The summed E-state index contributed by atoms with van der Waals surface area (Å²) in [7, 11) is 0. The Kier molecular flexibility index (Phi) is 4.49. The SMILES string of the molecule is CCCCOCc1c(Cl)ccc2nnc(C(F)(F)F)n12. The van der Waals surface area contributed by atoms with Gasteiger partial charge in [0.05, 0.1) is 17.3 Å². The van der Waals surface area contributed by atoms with Crippen LogP contribution in [0.1, 0.15) is 31.3 Å². The number of halogens is 4. The number of fused-ring (bicyclic) bond motifs is 1. The van der Waals surface area contributed by atoms with Crippen LogP contribution in [0.15, 0.2) is 12.1 Å². The molecule has 0 N–H and O–H groups in total. The van der Waals surface area contributed by atoms with Gasteiger partial charge in [-0.1, -0.05) is 24.9 Å². The maximum absolute atomic E-state index is 12.9. The Hall–Kier alpha value is -1.34. The van der Waals surface area contributed by atoms with Gasteiger partial charge in [-0.05, 0) is 18.6 Å². The van der Waals surface area contributed by atoms with Crippen molar-refractivity contribution in [3.05, 3.63) is 28.7 Å². The summed E-state index contributed by atoms with van der Waals surface area (Å²) in [5, 5.41) is 6.89. The van der Waals surface area contributed by atoms with Crippen LogP contribution in [0.2, 0.25) is 5.02 Å². The van der Waals surface area contributed by atoms with Gasteiger partial charge < -0.3 is 4.74 Å². The van der Waals surface area contributed by atoms with E-state index in [1.165, 1.54) is 12.1 Å². The van der Waals surface area contributed by atoms with Crippen molar-refractivity contribution in [2.75, 3.05) is 6.61 Å². The molecular formula is C12H13ClF3N3O. The maximum atomic E-state index is 12.9. The molecule has 0 atom stereocenters. The summed E-state index contributed by atoms with van der Waals surface area (Å²) in [4.78, 5) is 0. The second-order valence-electron chi connectivity index (χ2n) is 4.25. The minimum absolute atomic E-state index is 0.0166. The fourth-order valence-corrected chi connectivity index (χ4v) is 1.96. The van der Waals surface area contributed by atoms with Gasteiger partial charge >= 0.3 is 6.18 Å². The Labute approximate surface area is 118 Å². The minimum Gasteiger partial charge on any atom is -0.375 e. The highest BCUT2D eigenvalue weighted by molar-refractivity contribution is 6.31. The number of alkyl halides is 3. The molecule has 0 radical (unpaired) electrons. The maximum Gasteiger partial charge on any atom is 0.452 e. The highest BCUT2D eigenvalue weighted by Crippen LogP contribution is 2.30. The number of unbranched alkanes of at least 4 members (excludes halogenated alkanes) is 1. The van der Waals surface area contributed by atoms with Gasteiger partial charge in [-0.2, -0.15) is 13.2 Å². The molecule has 0 aromatic carbocycles. The Balaban J connectivity index is 2.40. The van der Waals surface area contributed by atoms with E-state index in [-0.39, 0.29) is 23.0 Å². The van der Waals surface area contributed by atoms with Crippen LogP contribution in [0.25, 0.3) is 5.65 Å². The van der Waals surface area contributed by atoms with E-state index in [2.05, 4.69) is 10.2 Å². The van der Waals surface area contributed by atoms with E-state index in [1.807, 2.05) is 6.92 Å². The monoisotopic (exact) mass is 307 g/mol. The average Bonchev–Trinajstić information content (AvgIpc) is 2.80. The van der Waals surface area contributed by atoms with Crippen molar-refractivity contribution in [2.24, 2.45) is 0 Å². The highest BCUT2D eigenvalue weighted by Gasteiger charge is 2.37. The second-order valence-corrected chi connectivity index (χ2v) is 4.66. The largest absolute Gasteiger partial charge is 0.452 e. The number of hydrogen-bond donors (Lipinski definition) is 0. The van der Waals surface area contributed by atoms with Gasteiger partial charge in [0.25, 0.3) is 0 Å². The molecule has 2 rings (SSSR count). The first kappa shape index (κ1) is 15.1. The van der Waals surface area contributed by atoms with Crippen LogP contribution in [0.4, 0.5) is 13.2 Å². The predicted molar refractivity (Wildman–Crippen MR) is 67.6 cm³/mol. The van der Waals surface area contributed by atoms with Gasteiger partial charge in [-0.3, -0.25) is 4.40 Å². The third-order valence-electron chi connectivity index (χ3n) is 2.75. The van der Waals surface area contributed by atoms with E-state index in [1.54, 1.807) is 0 Å². The van der Waals surface area contributed by atoms with Crippen LogP contribution < -0.4 is 0 Å². The molecule has 0 amide bonds. The molecule has 2 aromatic rings. The van der Waals surface area contributed by atoms with E-state index in [0.717, 1.165) is 17.2 Å². The Bertz CT molecular complexity index is 597. The minimum atomic E-state index is -4.59. The molecule has 0 unspecified atom stereocenters. The third-order valence-corrected chi connectivity index (χ3v) is 3.09. The molecule has 0 fully saturated rings. The lowest BCUT2D eigenvalue weighted by Crippen LogP contribution is -2.14. The smallest absolute Gasteiger partial charge is 0.375 e. The average molecular weight is 308 g/mol. The van der Waals surface area contributed by atoms with Gasteiger partial charge in [0.15, 0.2) is 5.65 Å². The van der Waals surface area contributed by atoms with Crippen molar-refractivity contribution in [1.82, 2.24) is 14.6 Å². The highest BCUT2D eigenvalue weighted by atomic mass is 35.5. The van der Waals surface area contributed by atoms with Gasteiger partial charge in [-0.25, -0.2) is 0 Å². The van der Waals surface area contributed by atoms with Crippen LogP contribution in [-0.2, 0) is 17.5 Å². The van der Waals surface area contributed by atoms with E-state index in [0.29, 0.717) is 6.61 Å². The molecule has 0 aliphatic heterocycles. The number of aromatic nitrogens is 3. The molecule has 0 aliphatic rings. The molecule has 8 heteroatoms. The summed E-state index contributed by atoms with van der Waals surface area (Å²) >= 11 is 5.97. The molecule has 4 nitrogen and oxygen atoms in total. The fourth-order valence-electron chi connectivity index (χ4n) is 1.75. The molecule has 0 aliphatic carbocycles. The fraction of sp³-hybridized carbons (Fsp3) is 0.500. The normalized spacial score (nSPS) is 12.2. The Morgan fingerprint density at radius 1 is 1.30 bits per heavy atom. The lowest BCUT2D eigenvalue weighted by molar-refractivity contribution is -0.145. The zero-order valence-corrected chi connectivity index (χ0v) is 11.5. The first-order valence-electron chi connectivity index (χ1n) is 6.12. The van der Waals surface area contributed by atoms with E-state index < -0.39 is 12.0 Å². The number of hydrogen-bond acceptors (Lipinski definition) is 3. The molecule has 2 aromatic heterocycles. The molecule has 0 spiro atoms. The molecule has 110 valence electrons. The zero-order valence-electron chi connectivity index (χ0n) is 10.7. The van der Waals surface area contributed by atoms with Crippen molar-refractivity contribution in [3.8, 4) is 0 Å². The van der Waals surface area contributed by atoms with Crippen molar-refractivity contribution in [3.63, 3.8) is 0 Å². The quantitative estimate of drug-likeness (QED) is 0.790. The van der Waals surface area contributed by atoms with Crippen LogP contribution in [0.5, 0.6) is 0 Å². The molecule has 2 heterocycles. The number of rotatable bonds is 5. The van der Waals surface area contributed by atoms with Crippen molar-refractivity contribution < 1.29 is 17.9 Å². The van der Waals surface area contributed by atoms with Crippen molar-refractivity contribution >= 4 is 17.2 Å². The van der Waals surface area contributed by atoms with Crippen LogP contribution in [0, 0.1) is 0 Å². The first-order valence-corrected chi connectivity index (χ1v) is 6.50. The van der Waals surface area contributed by atoms with Crippen molar-refractivity contribution in [1.29, 1.82) is 0 Å². The molecule has 0 saturated heterocycles. The zero-order chi connectivity index (χ0) is 14.8. The van der Waals surface area contributed by atoms with E-state index in [4.69, 9.17) is 16.3 Å². The van der Waals surface area contributed by atoms with Gasteiger partial charge in [0.2, 0.25) is 5.82 Å². The summed E-state index contributed by atoms with van der Waals surface area (Å²) in [5.41, 5.74) is 0.299. The van der Waals surface area contributed by atoms with Crippen LogP contribution in [0.3, 0.4) is 0 Å². The van der Waals surface area contributed by atoms with Crippen LogP contribution in [-0.4, -0.2) is 21.2 Å². The molecule has 0 saturated carbocycles. The summed E-state index contributed by atoms with van der Waals surface area (Å²) in [5.74, 6) is -1.09. The molecule has 20 heavy (non-hydrogen) atoms. The summed E-state index contributed by atoms with van der Waals surface area (Å²) in [6.07, 6.45) is -2.82. The van der Waals surface area contributed by atoms with E-state index >= 15 is 0 Å². The standard InChI is InChI=1S/C12H13ClF3N3O/c1-2-3-6-20-7-9-8(13)4-5-10-17-18-11(19(9)10)12(14,15)16/h4-5H,2-3,6-7H2,1H3. The Morgan fingerprint density at radius 2 is 2.05 bits per heavy atom. The summed E-state index contributed by atoms with van der Waals surface area (Å²) in [6, 6.07) is 2.88. The van der Waals surface area contributed by atoms with Crippen molar-refractivity contribution in [2.45, 2.75) is 32.5 Å².